The first-order valence-electron chi connectivity index (χ1n) is 17.6. The van der Waals surface area contributed by atoms with Gasteiger partial charge in [-0.1, -0.05) is 115 Å². The van der Waals surface area contributed by atoms with Gasteiger partial charge in [0, 0.05) is 33.1 Å². The lowest BCUT2D eigenvalue weighted by Gasteiger charge is -2.27. The molecule has 0 aromatic heterocycles. The van der Waals surface area contributed by atoms with E-state index < -0.39 is 76.1 Å². The average Bonchev–Trinajstić information content (AvgIpc) is 3.24. The highest BCUT2D eigenvalue weighted by atomic mass is 31.2. The molecule has 0 unspecified atom stereocenters. The Morgan fingerprint density at radius 3 is 1.07 bits per heavy atom. The maximum Gasteiger partial charge on any atom is 0.205 e. The first kappa shape index (κ1) is 40.0. The molecule has 58 heavy (non-hydrogen) atoms. The summed E-state index contributed by atoms with van der Waals surface area (Å²) in [6.45, 7) is 3.88. The molecule has 7 rings (SSSR count). The average molecular weight is 815 g/mol. The fourth-order valence-corrected chi connectivity index (χ4v) is 7.76. The van der Waals surface area contributed by atoms with Gasteiger partial charge in [-0.25, -0.2) is 26.3 Å². The normalized spacial score (nSPS) is 11.5. The first-order valence-corrected chi connectivity index (χ1v) is 20.2. The Hall–Kier alpha value is -6.19. The quantitative estimate of drug-likeness (QED) is 0.0827. The molecular weight excluding hydrogens is 783 g/mol. The fraction of sp³-hybridized carbons (Fsp3) is 0.0870. The minimum Gasteiger partial charge on any atom is -0.495 e. The van der Waals surface area contributed by atoms with E-state index in [9.17, 15) is 13.3 Å². The summed E-state index contributed by atoms with van der Waals surface area (Å²) >= 11 is 0. The summed E-state index contributed by atoms with van der Waals surface area (Å²) in [4.78, 5) is 0. The van der Waals surface area contributed by atoms with E-state index in [4.69, 9.17) is 9.47 Å². The van der Waals surface area contributed by atoms with Crippen molar-refractivity contribution in [2.45, 2.75) is 6.92 Å². The van der Waals surface area contributed by atoms with Crippen LogP contribution >= 0.6 is 7.14 Å². The van der Waals surface area contributed by atoms with E-state index >= 15 is 26.3 Å². The SMILES string of the molecule is COc1c(-c2ccccc2)c(-c2ccccc2)c(Oc2c(F)c(F)c(-c3c(F)c(F)c(C)c(F)c3F)c(F)c2F)c(-c2ccccc2)c1-c1ccc(P(C)(C)=O)cc1. The van der Waals surface area contributed by atoms with Crippen LogP contribution in [0, 0.1) is 53.5 Å². The van der Waals surface area contributed by atoms with Crippen molar-refractivity contribution in [3.63, 3.8) is 0 Å². The van der Waals surface area contributed by atoms with Crippen LogP contribution in [-0.4, -0.2) is 20.4 Å². The zero-order valence-corrected chi connectivity index (χ0v) is 32.1. The van der Waals surface area contributed by atoms with Gasteiger partial charge in [-0.3, -0.25) is 0 Å². The van der Waals surface area contributed by atoms with Gasteiger partial charge in [0.15, 0.2) is 34.9 Å². The van der Waals surface area contributed by atoms with E-state index in [0.29, 0.717) is 45.6 Å². The topological polar surface area (TPSA) is 35.5 Å². The van der Waals surface area contributed by atoms with E-state index in [1.165, 1.54) is 7.11 Å². The minimum atomic E-state index is -2.74. The molecule has 0 radical (unpaired) electrons. The molecular formula is C46H31F8O3P. The van der Waals surface area contributed by atoms with Gasteiger partial charge < -0.3 is 14.0 Å². The van der Waals surface area contributed by atoms with E-state index in [1.807, 2.05) is 0 Å². The molecule has 0 saturated heterocycles. The molecule has 0 saturated carbocycles. The van der Waals surface area contributed by atoms with Gasteiger partial charge in [0.05, 0.1) is 18.2 Å². The van der Waals surface area contributed by atoms with Crippen molar-refractivity contribution in [3.8, 4) is 72.9 Å². The third-order valence-electron chi connectivity index (χ3n) is 9.74. The second kappa shape index (κ2) is 15.6. The van der Waals surface area contributed by atoms with Gasteiger partial charge in [-0.05, 0) is 42.5 Å². The molecule has 0 atom stereocenters. The van der Waals surface area contributed by atoms with Crippen LogP contribution in [0.3, 0.4) is 0 Å². The Morgan fingerprint density at radius 2 is 0.724 bits per heavy atom. The van der Waals surface area contributed by atoms with Gasteiger partial charge in [0.1, 0.15) is 18.6 Å². The highest BCUT2D eigenvalue weighted by Gasteiger charge is 2.36. The van der Waals surface area contributed by atoms with Crippen molar-refractivity contribution < 1.29 is 49.2 Å². The van der Waals surface area contributed by atoms with Gasteiger partial charge in [0.25, 0.3) is 0 Å². The summed E-state index contributed by atoms with van der Waals surface area (Å²) < 4.78 is 150. The highest BCUT2D eigenvalue weighted by Crippen LogP contribution is 2.58. The zero-order chi connectivity index (χ0) is 41.6. The molecule has 0 spiro atoms. The van der Waals surface area contributed by atoms with E-state index in [-0.39, 0.29) is 22.6 Å². The monoisotopic (exact) mass is 814 g/mol. The van der Waals surface area contributed by atoms with Crippen molar-refractivity contribution in [2.24, 2.45) is 0 Å². The number of methoxy groups -OCH3 is 1. The molecule has 0 N–H and O–H groups in total. The largest absolute Gasteiger partial charge is 0.495 e. The van der Waals surface area contributed by atoms with Crippen LogP contribution in [0.2, 0.25) is 0 Å². The maximum atomic E-state index is 16.4. The Bertz CT molecular complexity index is 2700. The lowest BCUT2D eigenvalue weighted by Crippen LogP contribution is -2.10. The number of ether oxygens (including phenoxy) is 2. The summed E-state index contributed by atoms with van der Waals surface area (Å²) in [5.74, 6) is -19.6. The molecule has 294 valence electrons. The molecule has 0 fully saturated rings. The predicted octanol–water partition coefficient (Wildman–Crippen LogP) is 13.5. The van der Waals surface area contributed by atoms with Crippen molar-refractivity contribution in [1.82, 2.24) is 0 Å². The minimum absolute atomic E-state index is 0.128. The Morgan fingerprint density at radius 1 is 0.397 bits per heavy atom. The van der Waals surface area contributed by atoms with Crippen molar-refractivity contribution >= 4 is 12.4 Å². The molecule has 0 bridgehead atoms. The molecule has 0 heterocycles. The fourth-order valence-electron chi connectivity index (χ4n) is 6.90. The molecule has 12 heteroatoms. The number of benzene rings is 7. The van der Waals surface area contributed by atoms with Crippen LogP contribution in [0.1, 0.15) is 5.56 Å². The molecule has 3 nitrogen and oxygen atoms in total. The smallest absolute Gasteiger partial charge is 0.205 e. The highest BCUT2D eigenvalue weighted by molar-refractivity contribution is 7.70. The van der Waals surface area contributed by atoms with Crippen molar-refractivity contribution in [2.75, 3.05) is 20.4 Å². The molecule has 7 aromatic rings. The van der Waals surface area contributed by atoms with Gasteiger partial charge in [0.2, 0.25) is 17.4 Å². The van der Waals surface area contributed by atoms with Gasteiger partial charge in [-0.2, -0.15) is 8.78 Å². The van der Waals surface area contributed by atoms with Gasteiger partial charge in [-0.15, -0.1) is 0 Å². The molecule has 0 aliphatic heterocycles. The van der Waals surface area contributed by atoms with Crippen LogP contribution in [-0.2, 0) is 4.57 Å². The van der Waals surface area contributed by atoms with Crippen molar-refractivity contribution in [3.05, 3.63) is 167 Å². The first-order chi connectivity index (χ1) is 27.7. The molecule has 7 aromatic carbocycles. The second-order valence-electron chi connectivity index (χ2n) is 13.7. The predicted molar refractivity (Wildman–Crippen MR) is 210 cm³/mol. The molecule has 0 aliphatic carbocycles. The van der Waals surface area contributed by atoms with Crippen LogP contribution in [0.4, 0.5) is 35.1 Å². The third kappa shape index (κ3) is 6.83. The molecule has 0 aliphatic rings. The van der Waals surface area contributed by atoms with Crippen LogP contribution in [0.15, 0.2) is 115 Å². The number of hydrogen-bond donors (Lipinski definition) is 0. The van der Waals surface area contributed by atoms with Crippen molar-refractivity contribution in [1.29, 1.82) is 0 Å². The number of rotatable bonds is 9. The summed E-state index contributed by atoms with van der Waals surface area (Å²) in [6.07, 6.45) is 0. The summed E-state index contributed by atoms with van der Waals surface area (Å²) in [7, 11) is -1.31. The van der Waals surface area contributed by atoms with Crippen LogP contribution in [0.5, 0.6) is 17.2 Å². The molecule has 0 amide bonds. The number of hydrogen-bond acceptors (Lipinski definition) is 3. The Labute approximate surface area is 328 Å². The lowest BCUT2D eigenvalue weighted by atomic mass is 9.83. The van der Waals surface area contributed by atoms with Gasteiger partial charge >= 0.3 is 0 Å². The summed E-state index contributed by atoms with van der Waals surface area (Å²) in [6, 6.07) is 32.2. The summed E-state index contributed by atoms with van der Waals surface area (Å²) in [5.41, 5.74) is -2.49. The zero-order valence-electron chi connectivity index (χ0n) is 31.2. The summed E-state index contributed by atoms with van der Waals surface area (Å²) in [5, 5.41) is 0.550. The third-order valence-corrected chi connectivity index (χ3v) is 11.3. The Kier molecular flexibility index (Phi) is 10.8. The second-order valence-corrected chi connectivity index (χ2v) is 16.9. The maximum absolute atomic E-state index is 16.4. The van der Waals surface area contributed by atoms with Crippen LogP contribution in [0.25, 0.3) is 55.6 Å². The lowest BCUT2D eigenvalue weighted by molar-refractivity contribution is 0.367. The van der Waals surface area contributed by atoms with E-state index in [2.05, 4.69) is 0 Å². The van der Waals surface area contributed by atoms with E-state index in [0.717, 1.165) is 0 Å². The standard InChI is InChI=1S/C46H31F8O3P/c1-24-36(47)38(49)34(39(50)37(24)48)35-40(51)42(53)46(43(54)41(35)52)57-45-32(26-16-10-6-11-17-26)30(25-14-8-5-9-15-25)44(56-2)31(33(45)27-18-12-7-13-19-27)28-20-22-29(23-21-28)58(3,4)55/h5-23H,1-4H3. The van der Waals surface area contributed by atoms with Crippen LogP contribution < -0.4 is 14.8 Å². The number of halogens is 8. The Balaban J connectivity index is 1.65. The van der Waals surface area contributed by atoms with E-state index in [1.54, 1.807) is 129 Å².